The minimum Gasteiger partial charge on any atom is -0.480 e. The van der Waals surface area contributed by atoms with Crippen LogP contribution in [0, 0.1) is 11.6 Å². The van der Waals surface area contributed by atoms with Gasteiger partial charge in [0.15, 0.2) is 11.6 Å². The molecule has 26 heavy (non-hydrogen) atoms. The maximum Gasteiger partial charge on any atom is 0.251 e. The Bertz CT molecular complexity index is 780. The van der Waals surface area contributed by atoms with Crippen LogP contribution in [-0.4, -0.2) is 35.1 Å². The Kier molecular flexibility index (Phi) is 5.60. The topological polar surface area (TPSA) is 73.3 Å². The second-order valence-corrected chi connectivity index (χ2v) is 6.09. The van der Waals surface area contributed by atoms with Gasteiger partial charge in [-0.15, -0.1) is 0 Å². The normalized spacial score (nSPS) is 19.7. The zero-order valence-electron chi connectivity index (χ0n) is 14.2. The lowest BCUT2D eigenvalue weighted by Crippen LogP contribution is -2.39. The highest BCUT2D eigenvalue weighted by Crippen LogP contribution is 2.24. The molecule has 8 heteroatoms. The highest BCUT2D eigenvalue weighted by atomic mass is 19.2. The van der Waals surface area contributed by atoms with Crippen molar-refractivity contribution in [2.75, 3.05) is 7.11 Å². The maximum absolute atomic E-state index is 13.2. The molecular formula is C18H19F2N3O3. The summed E-state index contributed by atoms with van der Waals surface area (Å²) < 4.78 is 37.0. The number of methoxy groups -OCH3 is 1. The van der Waals surface area contributed by atoms with Crippen molar-refractivity contribution in [2.45, 2.75) is 37.8 Å². The number of rotatable bonds is 5. The zero-order chi connectivity index (χ0) is 18.5. The molecule has 2 aromatic rings. The van der Waals surface area contributed by atoms with Gasteiger partial charge >= 0.3 is 0 Å². The molecule has 0 aliphatic heterocycles. The van der Waals surface area contributed by atoms with Gasteiger partial charge in [-0.2, -0.15) is 4.98 Å². The van der Waals surface area contributed by atoms with E-state index in [9.17, 15) is 13.6 Å². The van der Waals surface area contributed by atoms with Crippen LogP contribution in [0.1, 0.15) is 36.0 Å². The molecule has 1 aromatic heterocycles. The molecule has 1 heterocycles. The number of halogens is 2. The number of carbonyl (C=O) groups excluding carboxylic acids is 1. The lowest BCUT2D eigenvalue weighted by atomic mass is 9.92. The molecular weight excluding hydrogens is 344 g/mol. The maximum atomic E-state index is 13.2. The first-order valence-corrected chi connectivity index (χ1v) is 8.33. The summed E-state index contributed by atoms with van der Waals surface area (Å²) >= 11 is 0. The fourth-order valence-corrected chi connectivity index (χ4v) is 2.89. The number of nitrogens with zero attached hydrogens (tertiary/aromatic N) is 2. The van der Waals surface area contributed by atoms with Gasteiger partial charge in [0.05, 0.1) is 19.5 Å². The third kappa shape index (κ3) is 4.44. The van der Waals surface area contributed by atoms with Gasteiger partial charge in [0, 0.05) is 11.6 Å². The first-order chi connectivity index (χ1) is 12.5. The number of benzene rings is 1. The molecule has 1 saturated carbocycles. The second-order valence-electron chi connectivity index (χ2n) is 6.09. The molecule has 1 N–H and O–H groups in total. The molecule has 0 radical (unpaired) electrons. The number of nitrogens with one attached hydrogen (secondary N) is 1. The predicted octanol–water partition coefficient (Wildman–Crippen LogP) is 2.88. The van der Waals surface area contributed by atoms with E-state index >= 15 is 0 Å². The smallest absolute Gasteiger partial charge is 0.251 e. The van der Waals surface area contributed by atoms with E-state index in [0.717, 1.165) is 37.8 Å². The SMILES string of the molecule is COc1cncc(OC2CCC(NC(=O)c3ccc(F)c(F)c3)CC2)n1. The van der Waals surface area contributed by atoms with E-state index in [1.807, 2.05) is 0 Å². The number of amides is 1. The summed E-state index contributed by atoms with van der Waals surface area (Å²) in [5.41, 5.74) is 0.105. The first-order valence-electron chi connectivity index (χ1n) is 8.33. The Morgan fingerprint density at radius 1 is 1.12 bits per heavy atom. The van der Waals surface area contributed by atoms with Crippen LogP contribution in [0.15, 0.2) is 30.6 Å². The van der Waals surface area contributed by atoms with Gasteiger partial charge in [-0.3, -0.25) is 9.78 Å². The molecule has 1 amide bonds. The highest BCUT2D eigenvalue weighted by molar-refractivity contribution is 5.94. The molecule has 1 fully saturated rings. The molecule has 6 nitrogen and oxygen atoms in total. The largest absolute Gasteiger partial charge is 0.480 e. The number of hydrogen-bond donors (Lipinski definition) is 1. The minimum absolute atomic E-state index is 0.0205. The van der Waals surface area contributed by atoms with Gasteiger partial charge in [-0.05, 0) is 43.9 Å². The summed E-state index contributed by atoms with van der Waals surface area (Å²) in [6.45, 7) is 0. The van der Waals surface area contributed by atoms with Gasteiger partial charge in [-0.25, -0.2) is 8.78 Å². The van der Waals surface area contributed by atoms with E-state index < -0.39 is 17.5 Å². The number of aromatic nitrogens is 2. The molecule has 0 atom stereocenters. The Hall–Kier alpha value is -2.77. The van der Waals surface area contributed by atoms with Crippen LogP contribution in [0.3, 0.4) is 0 Å². The Labute approximate surface area is 149 Å². The molecule has 0 spiro atoms. The molecule has 3 rings (SSSR count). The van der Waals surface area contributed by atoms with Crippen LogP contribution in [0.5, 0.6) is 11.8 Å². The van der Waals surface area contributed by atoms with E-state index in [4.69, 9.17) is 9.47 Å². The molecule has 1 aromatic carbocycles. The van der Waals surface area contributed by atoms with Crippen LogP contribution >= 0.6 is 0 Å². The molecule has 138 valence electrons. The van der Waals surface area contributed by atoms with Crippen LogP contribution < -0.4 is 14.8 Å². The fourth-order valence-electron chi connectivity index (χ4n) is 2.89. The Morgan fingerprint density at radius 2 is 1.85 bits per heavy atom. The van der Waals surface area contributed by atoms with Crippen molar-refractivity contribution in [3.8, 4) is 11.8 Å². The minimum atomic E-state index is -1.03. The zero-order valence-corrected chi connectivity index (χ0v) is 14.2. The highest BCUT2D eigenvalue weighted by Gasteiger charge is 2.24. The van der Waals surface area contributed by atoms with E-state index in [1.165, 1.54) is 25.6 Å². The summed E-state index contributed by atoms with van der Waals surface area (Å²) in [7, 11) is 1.51. The van der Waals surface area contributed by atoms with Gasteiger partial charge in [0.1, 0.15) is 6.10 Å². The van der Waals surface area contributed by atoms with Crippen molar-refractivity contribution in [1.82, 2.24) is 15.3 Å². The average molecular weight is 363 g/mol. The standard InChI is InChI=1S/C18H19F2N3O3/c1-25-16-9-21-10-17(23-16)26-13-5-3-12(4-6-13)22-18(24)11-2-7-14(19)15(20)8-11/h2,7-10,12-13H,3-6H2,1H3,(H,22,24). The second kappa shape index (κ2) is 8.07. The molecule has 1 aliphatic rings. The quantitative estimate of drug-likeness (QED) is 0.884. The van der Waals surface area contributed by atoms with Crippen molar-refractivity contribution in [3.63, 3.8) is 0 Å². The lowest BCUT2D eigenvalue weighted by molar-refractivity contribution is 0.0888. The summed E-state index contributed by atoms with van der Waals surface area (Å²) in [5, 5.41) is 2.85. The van der Waals surface area contributed by atoms with E-state index in [1.54, 1.807) is 0 Å². The molecule has 0 unspecified atom stereocenters. The third-order valence-corrected chi connectivity index (χ3v) is 4.28. The van der Waals surface area contributed by atoms with Crippen LogP contribution in [-0.2, 0) is 0 Å². The number of carbonyl (C=O) groups is 1. The van der Waals surface area contributed by atoms with Crippen molar-refractivity contribution >= 4 is 5.91 Å². The molecule has 1 aliphatic carbocycles. The van der Waals surface area contributed by atoms with Gasteiger partial charge in [-0.1, -0.05) is 0 Å². The van der Waals surface area contributed by atoms with E-state index in [0.29, 0.717) is 11.8 Å². The number of hydrogen-bond acceptors (Lipinski definition) is 5. The third-order valence-electron chi connectivity index (χ3n) is 4.28. The van der Waals surface area contributed by atoms with Crippen molar-refractivity contribution < 1.29 is 23.0 Å². The van der Waals surface area contributed by atoms with Crippen molar-refractivity contribution in [1.29, 1.82) is 0 Å². The van der Waals surface area contributed by atoms with Gasteiger partial charge < -0.3 is 14.8 Å². The molecule has 0 saturated heterocycles. The van der Waals surface area contributed by atoms with E-state index in [2.05, 4.69) is 15.3 Å². The predicted molar refractivity (Wildman–Crippen MR) is 89.1 cm³/mol. The fraction of sp³-hybridized carbons (Fsp3) is 0.389. The Balaban J connectivity index is 1.50. The van der Waals surface area contributed by atoms with Crippen LogP contribution in [0.25, 0.3) is 0 Å². The van der Waals surface area contributed by atoms with Crippen LogP contribution in [0.4, 0.5) is 8.78 Å². The summed E-state index contributed by atoms with van der Waals surface area (Å²) in [4.78, 5) is 20.3. The monoisotopic (exact) mass is 363 g/mol. The van der Waals surface area contributed by atoms with Crippen LogP contribution in [0.2, 0.25) is 0 Å². The van der Waals surface area contributed by atoms with Gasteiger partial charge in [0.25, 0.3) is 5.91 Å². The number of ether oxygens (including phenoxy) is 2. The molecule has 0 bridgehead atoms. The first kappa shape index (κ1) is 18.0. The van der Waals surface area contributed by atoms with E-state index in [-0.39, 0.29) is 17.7 Å². The van der Waals surface area contributed by atoms with Crippen molar-refractivity contribution in [2.24, 2.45) is 0 Å². The average Bonchev–Trinajstić information content (AvgIpc) is 2.65. The summed E-state index contributed by atoms with van der Waals surface area (Å²) in [6, 6.07) is 3.08. The summed E-state index contributed by atoms with van der Waals surface area (Å²) in [6.07, 6.45) is 5.92. The lowest BCUT2D eigenvalue weighted by Gasteiger charge is -2.29. The van der Waals surface area contributed by atoms with Gasteiger partial charge in [0.2, 0.25) is 11.8 Å². The van der Waals surface area contributed by atoms with Crippen molar-refractivity contribution in [3.05, 3.63) is 47.8 Å². The Morgan fingerprint density at radius 3 is 2.54 bits per heavy atom. The summed E-state index contributed by atoms with van der Waals surface area (Å²) in [5.74, 6) is -1.63.